The first kappa shape index (κ1) is 6.96. The van der Waals surface area contributed by atoms with Crippen molar-refractivity contribution in [3.8, 4) is 6.19 Å². The highest BCUT2D eigenvalue weighted by Gasteiger charge is 1.87. The predicted octanol–water partition coefficient (Wildman–Crippen LogP) is 0.447. The average molecular weight is 111 g/mol. The van der Waals surface area contributed by atoms with Crippen molar-refractivity contribution in [1.82, 2.24) is 4.90 Å². The number of rotatable bonds is 0. The zero-order valence-corrected chi connectivity index (χ0v) is 5.34. The van der Waals surface area contributed by atoms with Crippen LogP contribution in [0.15, 0.2) is 4.99 Å². The van der Waals surface area contributed by atoms with Gasteiger partial charge in [0.1, 0.15) is 5.84 Å². The van der Waals surface area contributed by atoms with E-state index in [0.29, 0.717) is 0 Å². The van der Waals surface area contributed by atoms with Crippen molar-refractivity contribution in [1.29, 1.82) is 5.26 Å². The molecule has 0 N–H and O–H groups in total. The first-order chi connectivity index (χ1) is 3.68. The molecule has 0 aromatic rings. The molecule has 3 heteroatoms. The van der Waals surface area contributed by atoms with E-state index in [1.165, 1.54) is 0 Å². The molecule has 3 nitrogen and oxygen atoms in total. The summed E-state index contributed by atoms with van der Waals surface area (Å²) < 4.78 is 0. The summed E-state index contributed by atoms with van der Waals surface area (Å²) >= 11 is 0. The van der Waals surface area contributed by atoms with Gasteiger partial charge in [0.05, 0.1) is 0 Å². The van der Waals surface area contributed by atoms with Crippen LogP contribution in [0.5, 0.6) is 0 Å². The maximum atomic E-state index is 8.02. The summed E-state index contributed by atoms with van der Waals surface area (Å²) in [5.74, 6) is 0.729. The van der Waals surface area contributed by atoms with Crippen LogP contribution >= 0.6 is 0 Å². The maximum Gasteiger partial charge on any atom is 0.207 e. The normalized spacial score (nSPS) is 10.5. The summed E-state index contributed by atoms with van der Waals surface area (Å²) in [6, 6.07) is 0. The molecule has 0 atom stereocenters. The summed E-state index contributed by atoms with van der Waals surface area (Å²) in [6.07, 6.45) is 1.70. The molecule has 0 radical (unpaired) electrons. The molecule has 0 bridgehead atoms. The van der Waals surface area contributed by atoms with Gasteiger partial charge in [0.2, 0.25) is 6.19 Å². The molecule has 0 rings (SSSR count). The highest BCUT2D eigenvalue weighted by molar-refractivity contribution is 5.79. The van der Waals surface area contributed by atoms with Gasteiger partial charge in [-0.05, 0) is 6.92 Å². The Morgan fingerprint density at radius 2 is 2.12 bits per heavy atom. The van der Waals surface area contributed by atoms with E-state index in [1.54, 1.807) is 18.0 Å². The molecule has 0 spiro atoms. The van der Waals surface area contributed by atoms with Crippen LogP contribution in [0.25, 0.3) is 0 Å². The lowest BCUT2D eigenvalue weighted by atomic mass is 10.6. The van der Waals surface area contributed by atoms with E-state index in [4.69, 9.17) is 5.26 Å². The van der Waals surface area contributed by atoms with Crippen LogP contribution in [-0.2, 0) is 0 Å². The molecule has 0 aliphatic heterocycles. The fourth-order valence-electron chi connectivity index (χ4n) is 0.172. The molecule has 0 aromatic carbocycles. The lowest BCUT2D eigenvalue weighted by molar-refractivity contribution is 0.619. The number of nitrogens with zero attached hydrogens (tertiary/aromatic N) is 3. The highest BCUT2D eigenvalue weighted by atomic mass is 15.1. The lowest BCUT2D eigenvalue weighted by Crippen LogP contribution is -2.17. The van der Waals surface area contributed by atoms with Gasteiger partial charge >= 0.3 is 0 Å². The highest BCUT2D eigenvalue weighted by Crippen LogP contribution is 1.78. The zero-order valence-electron chi connectivity index (χ0n) is 5.34. The first-order valence-electron chi connectivity index (χ1n) is 2.29. The SMILES string of the molecule is CC(=NC#N)N(C)C. The molecule has 0 saturated heterocycles. The van der Waals surface area contributed by atoms with E-state index in [2.05, 4.69) is 4.99 Å². The molecule has 0 aliphatic rings. The Balaban J connectivity index is 3.85. The Morgan fingerprint density at radius 1 is 1.62 bits per heavy atom. The summed E-state index contributed by atoms with van der Waals surface area (Å²) in [5, 5.41) is 8.02. The van der Waals surface area contributed by atoms with E-state index in [1.807, 2.05) is 14.1 Å². The third-order valence-electron chi connectivity index (χ3n) is 0.859. The average Bonchev–Trinajstić information content (AvgIpc) is 1.67. The van der Waals surface area contributed by atoms with Crippen molar-refractivity contribution >= 4 is 5.84 Å². The van der Waals surface area contributed by atoms with Crippen LogP contribution in [0, 0.1) is 11.5 Å². The van der Waals surface area contributed by atoms with E-state index in [0.717, 1.165) is 5.84 Å². The molecule has 0 heterocycles. The monoisotopic (exact) mass is 111 g/mol. The van der Waals surface area contributed by atoms with Gasteiger partial charge in [0, 0.05) is 14.1 Å². The van der Waals surface area contributed by atoms with Crippen molar-refractivity contribution in [2.24, 2.45) is 4.99 Å². The molecule has 0 fully saturated rings. The summed E-state index contributed by atoms with van der Waals surface area (Å²) in [6.45, 7) is 1.78. The quantitative estimate of drug-likeness (QED) is 0.258. The van der Waals surface area contributed by atoms with Gasteiger partial charge in [0.15, 0.2) is 0 Å². The Labute approximate surface area is 49.2 Å². The second-order valence-corrected chi connectivity index (χ2v) is 1.65. The van der Waals surface area contributed by atoms with Crippen LogP contribution in [0.4, 0.5) is 0 Å². The van der Waals surface area contributed by atoms with Crippen LogP contribution in [-0.4, -0.2) is 24.8 Å². The minimum Gasteiger partial charge on any atom is -0.366 e. The smallest absolute Gasteiger partial charge is 0.207 e. The first-order valence-corrected chi connectivity index (χ1v) is 2.29. The summed E-state index contributed by atoms with van der Waals surface area (Å²) in [5.41, 5.74) is 0. The fourth-order valence-corrected chi connectivity index (χ4v) is 0.172. The van der Waals surface area contributed by atoms with E-state index < -0.39 is 0 Å². The second kappa shape index (κ2) is 3.03. The van der Waals surface area contributed by atoms with Gasteiger partial charge < -0.3 is 4.90 Å². The van der Waals surface area contributed by atoms with Gasteiger partial charge in [0.25, 0.3) is 0 Å². The predicted molar refractivity (Wildman–Crippen MR) is 32.4 cm³/mol. The minimum absolute atomic E-state index is 0.729. The maximum absolute atomic E-state index is 8.02. The number of hydrogen-bond acceptors (Lipinski definition) is 2. The lowest BCUT2D eigenvalue weighted by Gasteiger charge is -2.07. The van der Waals surface area contributed by atoms with Crippen molar-refractivity contribution in [3.05, 3.63) is 0 Å². The standard InChI is InChI=1S/C5H9N3/c1-5(7-4-6)8(2)3/h1-3H3. The molecule has 0 aromatic heterocycles. The Hall–Kier alpha value is -1.04. The van der Waals surface area contributed by atoms with E-state index in [-0.39, 0.29) is 0 Å². The number of amidine groups is 1. The fraction of sp³-hybridized carbons (Fsp3) is 0.600. The zero-order chi connectivity index (χ0) is 6.57. The van der Waals surface area contributed by atoms with Crippen molar-refractivity contribution in [2.75, 3.05) is 14.1 Å². The molecule has 0 unspecified atom stereocenters. The summed E-state index contributed by atoms with van der Waals surface area (Å²) in [4.78, 5) is 5.25. The van der Waals surface area contributed by atoms with Crippen molar-refractivity contribution in [2.45, 2.75) is 6.92 Å². The van der Waals surface area contributed by atoms with Gasteiger partial charge in [-0.1, -0.05) is 0 Å². The molecule has 0 saturated carbocycles. The van der Waals surface area contributed by atoms with Crippen LogP contribution in [0.3, 0.4) is 0 Å². The Bertz CT molecular complexity index is 129. The topological polar surface area (TPSA) is 39.4 Å². The van der Waals surface area contributed by atoms with Gasteiger partial charge in [-0.25, -0.2) is 0 Å². The van der Waals surface area contributed by atoms with Gasteiger partial charge in [-0.15, -0.1) is 0 Å². The molecule has 8 heavy (non-hydrogen) atoms. The van der Waals surface area contributed by atoms with Crippen molar-refractivity contribution < 1.29 is 0 Å². The summed E-state index contributed by atoms with van der Waals surface area (Å²) in [7, 11) is 3.69. The molecular weight excluding hydrogens is 102 g/mol. The molecule has 0 aliphatic carbocycles. The Kier molecular flexibility index (Phi) is 2.63. The van der Waals surface area contributed by atoms with Crippen LogP contribution in [0.1, 0.15) is 6.92 Å². The largest absolute Gasteiger partial charge is 0.366 e. The number of aliphatic imine (C=N–C) groups is 1. The van der Waals surface area contributed by atoms with E-state index >= 15 is 0 Å². The third kappa shape index (κ3) is 2.19. The van der Waals surface area contributed by atoms with Gasteiger partial charge in [-0.3, -0.25) is 0 Å². The second-order valence-electron chi connectivity index (χ2n) is 1.65. The van der Waals surface area contributed by atoms with Crippen LogP contribution < -0.4 is 0 Å². The number of hydrogen-bond donors (Lipinski definition) is 0. The van der Waals surface area contributed by atoms with Crippen LogP contribution in [0.2, 0.25) is 0 Å². The molecule has 0 amide bonds. The number of nitriles is 1. The van der Waals surface area contributed by atoms with E-state index in [9.17, 15) is 0 Å². The van der Waals surface area contributed by atoms with Crippen molar-refractivity contribution in [3.63, 3.8) is 0 Å². The third-order valence-corrected chi connectivity index (χ3v) is 0.859. The molecular formula is C5H9N3. The van der Waals surface area contributed by atoms with Gasteiger partial charge in [-0.2, -0.15) is 10.3 Å². The minimum atomic E-state index is 0.729. The Morgan fingerprint density at radius 3 is 2.25 bits per heavy atom. The molecule has 44 valence electrons.